The summed E-state index contributed by atoms with van der Waals surface area (Å²) in [6, 6.07) is 11.4. The smallest absolute Gasteiger partial charge is 0.252 e. The van der Waals surface area contributed by atoms with Gasteiger partial charge in [0.15, 0.2) is 5.75 Å². The van der Waals surface area contributed by atoms with Crippen LogP contribution in [-0.2, 0) is 0 Å². The number of amides is 1. The summed E-state index contributed by atoms with van der Waals surface area (Å²) in [5, 5.41) is 8.99. The number of para-hydroxylation sites is 1. The molecule has 0 saturated carbocycles. The first-order valence-corrected chi connectivity index (χ1v) is 6.00. The van der Waals surface area contributed by atoms with Crippen molar-refractivity contribution in [3.8, 4) is 23.3 Å². The monoisotopic (exact) mass is 283 g/mol. The minimum atomic E-state index is -0.652. The van der Waals surface area contributed by atoms with Crippen LogP contribution in [0.25, 0.3) is 0 Å². The number of hydrogen-bond acceptors (Lipinski definition) is 5. The molecule has 6 nitrogen and oxygen atoms in total. The van der Waals surface area contributed by atoms with Crippen LogP contribution >= 0.6 is 0 Å². The lowest BCUT2D eigenvalue weighted by Crippen LogP contribution is -2.13. The van der Waals surface area contributed by atoms with Gasteiger partial charge in [-0.15, -0.1) is 0 Å². The van der Waals surface area contributed by atoms with E-state index >= 15 is 0 Å². The van der Waals surface area contributed by atoms with Crippen LogP contribution < -0.4 is 20.9 Å². The molecule has 0 aromatic heterocycles. The molecule has 0 spiro atoms. The van der Waals surface area contributed by atoms with Gasteiger partial charge in [0.1, 0.15) is 11.5 Å². The molecule has 1 amide bonds. The van der Waals surface area contributed by atoms with E-state index in [2.05, 4.69) is 0 Å². The van der Waals surface area contributed by atoms with E-state index in [9.17, 15) is 4.79 Å². The summed E-state index contributed by atoms with van der Waals surface area (Å²) in [4.78, 5) is 11.4. The van der Waals surface area contributed by atoms with Gasteiger partial charge in [-0.1, -0.05) is 6.07 Å². The number of benzene rings is 2. The Morgan fingerprint density at radius 3 is 2.57 bits per heavy atom. The summed E-state index contributed by atoms with van der Waals surface area (Å²) < 4.78 is 10.7. The maximum absolute atomic E-state index is 11.4. The molecule has 0 aliphatic carbocycles. The molecule has 2 rings (SSSR count). The van der Waals surface area contributed by atoms with Crippen molar-refractivity contribution in [2.75, 3.05) is 12.8 Å². The Hall–Kier alpha value is -3.20. The Bertz CT molecular complexity index is 735. The van der Waals surface area contributed by atoms with Gasteiger partial charge >= 0.3 is 0 Å². The summed E-state index contributed by atoms with van der Waals surface area (Å²) >= 11 is 0. The third-order valence-electron chi connectivity index (χ3n) is 2.78. The predicted molar refractivity (Wildman–Crippen MR) is 77.2 cm³/mol. The van der Waals surface area contributed by atoms with Crippen LogP contribution in [0.5, 0.6) is 17.2 Å². The van der Waals surface area contributed by atoms with E-state index in [0.29, 0.717) is 17.1 Å². The van der Waals surface area contributed by atoms with Gasteiger partial charge in [0.25, 0.3) is 5.91 Å². The lowest BCUT2D eigenvalue weighted by molar-refractivity contribution is 0.0998. The molecule has 6 heteroatoms. The molecule has 0 atom stereocenters. The fraction of sp³-hybridized carbons (Fsp3) is 0.0667. The molecular weight excluding hydrogens is 270 g/mol. The van der Waals surface area contributed by atoms with Crippen molar-refractivity contribution in [1.29, 1.82) is 5.26 Å². The quantitative estimate of drug-likeness (QED) is 0.834. The van der Waals surface area contributed by atoms with E-state index in [-0.39, 0.29) is 17.0 Å². The van der Waals surface area contributed by atoms with E-state index in [1.807, 2.05) is 6.07 Å². The summed E-state index contributed by atoms with van der Waals surface area (Å²) in [5.41, 5.74) is 11.9. The Labute approximate surface area is 121 Å². The number of anilines is 1. The van der Waals surface area contributed by atoms with Crippen molar-refractivity contribution in [1.82, 2.24) is 0 Å². The predicted octanol–water partition coefficient (Wildman–Crippen LogP) is 2.04. The Kier molecular flexibility index (Phi) is 3.95. The molecule has 106 valence electrons. The van der Waals surface area contributed by atoms with Crippen LogP contribution in [0.4, 0.5) is 5.69 Å². The Morgan fingerprint density at radius 1 is 1.24 bits per heavy atom. The second kappa shape index (κ2) is 5.84. The van der Waals surface area contributed by atoms with Gasteiger partial charge in [0.05, 0.1) is 30.0 Å². The van der Waals surface area contributed by atoms with Crippen molar-refractivity contribution >= 4 is 11.6 Å². The standard InChI is InChI=1S/C15H13N3O3/c1-20-10-5-9(8-16)6-11(7-10)21-14-12(15(18)19)3-2-4-13(14)17/h2-7H,17H2,1H3,(H2,18,19). The highest BCUT2D eigenvalue weighted by atomic mass is 16.5. The fourth-order valence-electron chi connectivity index (χ4n) is 1.79. The number of methoxy groups -OCH3 is 1. The highest BCUT2D eigenvalue weighted by molar-refractivity contribution is 5.97. The second-order valence-electron chi connectivity index (χ2n) is 4.20. The number of primary amides is 1. The SMILES string of the molecule is COc1cc(C#N)cc(Oc2c(N)cccc2C(N)=O)c1. The maximum atomic E-state index is 11.4. The van der Waals surface area contributed by atoms with Crippen LogP contribution in [0.2, 0.25) is 0 Å². The maximum Gasteiger partial charge on any atom is 0.252 e. The largest absolute Gasteiger partial charge is 0.497 e. The van der Waals surface area contributed by atoms with Crippen LogP contribution in [0.1, 0.15) is 15.9 Å². The number of hydrogen-bond donors (Lipinski definition) is 2. The molecule has 0 bridgehead atoms. The number of nitrogen functional groups attached to an aromatic ring is 1. The van der Waals surface area contributed by atoms with E-state index in [0.717, 1.165) is 0 Å². The first kappa shape index (κ1) is 14.2. The zero-order valence-electron chi connectivity index (χ0n) is 11.3. The number of nitrogens with two attached hydrogens (primary N) is 2. The van der Waals surface area contributed by atoms with Gasteiger partial charge < -0.3 is 20.9 Å². The topological polar surface area (TPSA) is 111 Å². The first-order chi connectivity index (χ1) is 10.0. The molecule has 0 radical (unpaired) electrons. The van der Waals surface area contributed by atoms with Gasteiger partial charge in [-0.25, -0.2) is 0 Å². The number of ether oxygens (including phenoxy) is 2. The summed E-state index contributed by atoms with van der Waals surface area (Å²) in [6.07, 6.45) is 0. The normalized spacial score (nSPS) is 9.71. The van der Waals surface area contributed by atoms with Crippen molar-refractivity contribution in [2.24, 2.45) is 5.73 Å². The number of carbonyl (C=O) groups is 1. The lowest BCUT2D eigenvalue weighted by Gasteiger charge is -2.12. The Balaban J connectivity index is 2.48. The average Bonchev–Trinajstić information content (AvgIpc) is 2.48. The molecule has 0 saturated heterocycles. The van der Waals surface area contributed by atoms with Gasteiger partial charge in [0.2, 0.25) is 0 Å². The lowest BCUT2D eigenvalue weighted by atomic mass is 10.1. The van der Waals surface area contributed by atoms with Gasteiger partial charge in [-0.3, -0.25) is 4.79 Å². The third-order valence-corrected chi connectivity index (χ3v) is 2.78. The van der Waals surface area contributed by atoms with Gasteiger partial charge in [-0.05, 0) is 24.3 Å². The first-order valence-electron chi connectivity index (χ1n) is 6.00. The highest BCUT2D eigenvalue weighted by Gasteiger charge is 2.14. The molecule has 2 aromatic rings. The summed E-state index contributed by atoms with van der Waals surface area (Å²) in [6.45, 7) is 0. The zero-order valence-corrected chi connectivity index (χ0v) is 11.3. The van der Waals surface area contributed by atoms with E-state index in [4.69, 9.17) is 26.2 Å². The molecule has 0 heterocycles. The molecule has 0 aliphatic heterocycles. The minimum absolute atomic E-state index is 0.155. The van der Waals surface area contributed by atoms with E-state index in [1.165, 1.54) is 19.2 Å². The molecular formula is C15H13N3O3. The Morgan fingerprint density at radius 2 is 1.95 bits per heavy atom. The molecule has 2 aromatic carbocycles. The molecule has 0 unspecified atom stereocenters. The number of carbonyl (C=O) groups excluding carboxylic acids is 1. The van der Waals surface area contributed by atoms with Gasteiger partial charge in [-0.2, -0.15) is 5.26 Å². The summed E-state index contributed by atoms with van der Waals surface area (Å²) in [7, 11) is 1.48. The van der Waals surface area contributed by atoms with Gasteiger partial charge in [0, 0.05) is 6.07 Å². The van der Waals surface area contributed by atoms with Crippen LogP contribution in [0.3, 0.4) is 0 Å². The third kappa shape index (κ3) is 3.04. The van der Waals surface area contributed by atoms with Crippen molar-refractivity contribution in [2.45, 2.75) is 0 Å². The fourth-order valence-corrected chi connectivity index (χ4v) is 1.79. The zero-order chi connectivity index (χ0) is 15.4. The number of nitriles is 1. The number of nitrogens with zero attached hydrogens (tertiary/aromatic N) is 1. The van der Waals surface area contributed by atoms with Crippen molar-refractivity contribution in [3.05, 3.63) is 47.5 Å². The second-order valence-corrected chi connectivity index (χ2v) is 4.20. The van der Waals surface area contributed by atoms with E-state index in [1.54, 1.807) is 24.3 Å². The van der Waals surface area contributed by atoms with Crippen LogP contribution in [-0.4, -0.2) is 13.0 Å². The molecule has 4 N–H and O–H groups in total. The average molecular weight is 283 g/mol. The minimum Gasteiger partial charge on any atom is -0.497 e. The number of rotatable bonds is 4. The molecule has 0 fully saturated rings. The van der Waals surface area contributed by atoms with Crippen LogP contribution in [0.15, 0.2) is 36.4 Å². The molecule has 0 aliphatic rings. The van der Waals surface area contributed by atoms with E-state index < -0.39 is 5.91 Å². The summed E-state index contributed by atoms with van der Waals surface area (Å²) in [5.74, 6) is 0.285. The van der Waals surface area contributed by atoms with Crippen LogP contribution in [0, 0.1) is 11.3 Å². The van der Waals surface area contributed by atoms with Crippen molar-refractivity contribution in [3.63, 3.8) is 0 Å². The van der Waals surface area contributed by atoms with Crippen molar-refractivity contribution < 1.29 is 14.3 Å². The highest BCUT2D eigenvalue weighted by Crippen LogP contribution is 2.33. The molecule has 21 heavy (non-hydrogen) atoms.